The molecule has 4 atom stereocenters. The smallest absolute Gasteiger partial charge is 0.333 e. The maximum absolute atomic E-state index is 13.7. The summed E-state index contributed by atoms with van der Waals surface area (Å²) in [7, 11) is 0. The fourth-order valence-corrected chi connectivity index (χ4v) is 6.81. The van der Waals surface area contributed by atoms with Crippen molar-refractivity contribution in [2.75, 3.05) is 6.54 Å². The van der Waals surface area contributed by atoms with Crippen molar-refractivity contribution in [3.63, 3.8) is 0 Å². The van der Waals surface area contributed by atoms with Crippen LogP contribution in [0.15, 0.2) is 98.7 Å². The highest BCUT2D eigenvalue weighted by molar-refractivity contribution is 5.92. The molecule has 4 heterocycles. The average molecular weight is 697 g/mol. The summed E-state index contributed by atoms with van der Waals surface area (Å²) in [6, 6.07) is 8.00. The average Bonchev–Trinajstić information content (AvgIpc) is 3.11. The molecule has 6 rings (SSSR count). The monoisotopic (exact) mass is 696 g/mol. The number of ether oxygens (including phenoxy) is 2. The Morgan fingerprint density at radius 1 is 1.25 bits per heavy atom. The number of hydrogen-bond acceptors (Lipinski definition) is 12. The second kappa shape index (κ2) is 14.4. The van der Waals surface area contributed by atoms with Crippen molar-refractivity contribution in [3.8, 4) is 17.2 Å². The third-order valence-electron chi connectivity index (χ3n) is 9.81. The number of nitrogens with two attached hydrogens (primary N) is 2. The van der Waals surface area contributed by atoms with E-state index >= 15 is 0 Å². The molecule has 4 unspecified atom stereocenters. The fourth-order valence-electron chi connectivity index (χ4n) is 6.81. The molecule has 0 fully saturated rings. The predicted octanol–water partition coefficient (Wildman–Crippen LogP) is 4.03. The van der Waals surface area contributed by atoms with Crippen LogP contribution in [-0.4, -0.2) is 45.7 Å². The number of aliphatic hydroxyl groups excluding tert-OH is 1. The number of esters is 1. The number of rotatable bonds is 10. The number of phenolic OH excluding ortho intramolecular Hbond substituents is 2. The van der Waals surface area contributed by atoms with Gasteiger partial charge in [-0.15, -0.1) is 0 Å². The van der Waals surface area contributed by atoms with E-state index in [-0.39, 0.29) is 52.1 Å². The third-order valence-corrected chi connectivity index (χ3v) is 9.81. The minimum absolute atomic E-state index is 0.00693. The van der Waals surface area contributed by atoms with E-state index in [0.717, 1.165) is 22.8 Å². The van der Waals surface area contributed by atoms with E-state index in [9.17, 15) is 24.9 Å². The van der Waals surface area contributed by atoms with Crippen LogP contribution in [0.3, 0.4) is 0 Å². The fraction of sp³-hybridized carbons (Fsp3) is 0.333. The Bertz CT molecular complexity index is 2080. The zero-order valence-corrected chi connectivity index (χ0v) is 28.9. The van der Waals surface area contributed by atoms with E-state index in [1.807, 2.05) is 37.4 Å². The van der Waals surface area contributed by atoms with Crippen molar-refractivity contribution in [1.29, 1.82) is 0 Å². The molecule has 0 amide bonds. The van der Waals surface area contributed by atoms with Crippen molar-refractivity contribution in [2.24, 2.45) is 11.5 Å². The first-order valence-electron chi connectivity index (χ1n) is 17.0. The molecule has 1 aromatic heterocycles. The van der Waals surface area contributed by atoms with Gasteiger partial charge in [-0.25, -0.2) is 4.79 Å². The summed E-state index contributed by atoms with van der Waals surface area (Å²) < 4.78 is 19.4. The Hall–Kier alpha value is -5.46. The molecular weight excluding hydrogens is 652 g/mol. The number of allylic oxidation sites excluding steroid dienone is 5. The van der Waals surface area contributed by atoms with Crippen molar-refractivity contribution in [3.05, 3.63) is 122 Å². The molecular formula is C39H44N4O8. The summed E-state index contributed by atoms with van der Waals surface area (Å²) in [5, 5.41) is 38.5. The molecule has 0 radical (unpaired) electrons. The van der Waals surface area contributed by atoms with Crippen LogP contribution >= 0.6 is 0 Å². The van der Waals surface area contributed by atoms with Gasteiger partial charge < -0.3 is 51.3 Å². The number of aliphatic hydroxyl groups is 1. The van der Waals surface area contributed by atoms with Crippen LogP contribution in [-0.2, 0) is 29.0 Å². The van der Waals surface area contributed by atoms with Crippen LogP contribution in [0, 0.1) is 0 Å². The van der Waals surface area contributed by atoms with Crippen LogP contribution < -0.4 is 32.3 Å². The van der Waals surface area contributed by atoms with E-state index in [4.69, 9.17) is 25.4 Å². The van der Waals surface area contributed by atoms with E-state index in [1.165, 1.54) is 0 Å². The lowest BCUT2D eigenvalue weighted by atomic mass is 9.78. The summed E-state index contributed by atoms with van der Waals surface area (Å²) in [6.45, 7) is 5.15. The Labute approximate surface area is 295 Å². The molecule has 0 aliphatic carbocycles. The van der Waals surface area contributed by atoms with E-state index < -0.39 is 35.6 Å². The number of carbonyl (C=O) groups excluding carboxylic acids is 1. The Balaban J connectivity index is 1.59. The lowest BCUT2D eigenvalue weighted by Gasteiger charge is -2.43. The van der Waals surface area contributed by atoms with Crippen molar-refractivity contribution in [2.45, 2.75) is 76.9 Å². The molecule has 12 nitrogen and oxygen atoms in total. The van der Waals surface area contributed by atoms with Crippen molar-refractivity contribution < 1.29 is 34.0 Å². The van der Waals surface area contributed by atoms with Crippen LogP contribution in [0.2, 0.25) is 0 Å². The first kappa shape index (κ1) is 35.4. The van der Waals surface area contributed by atoms with Gasteiger partial charge in [0.05, 0.1) is 12.0 Å². The van der Waals surface area contributed by atoms with Gasteiger partial charge in [0, 0.05) is 47.8 Å². The van der Waals surface area contributed by atoms with Crippen LogP contribution in [0.1, 0.15) is 62.0 Å². The molecule has 0 bridgehead atoms. The quantitative estimate of drug-likeness (QED) is 0.119. The van der Waals surface area contributed by atoms with Gasteiger partial charge in [0.15, 0.2) is 5.43 Å². The van der Waals surface area contributed by atoms with Gasteiger partial charge in [-0.05, 0) is 81.0 Å². The highest BCUT2D eigenvalue weighted by atomic mass is 16.6. The number of hydrogen-bond donors (Lipinski definition) is 7. The highest BCUT2D eigenvalue weighted by Gasteiger charge is 2.47. The summed E-state index contributed by atoms with van der Waals surface area (Å²) in [5.74, 6) is -0.659. The van der Waals surface area contributed by atoms with Crippen LogP contribution in [0.5, 0.6) is 17.2 Å². The molecule has 268 valence electrons. The number of phenols is 2. The van der Waals surface area contributed by atoms with E-state index in [0.29, 0.717) is 42.8 Å². The Morgan fingerprint density at radius 3 is 2.75 bits per heavy atom. The number of fused-ring (bicyclic) bond motifs is 2. The highest BCUT2D eigenvalue weighted by Crippen LogP contribution is 2.51. The van der Waals surface area contributed by atoms with E-state index in [2.05, 4.69) is 10.6 Å². The number of carbonyl (C=O) groups is 1. The molecule has 0 spiro atoms. The summed E-state index contributed by atoms with van der Waals surface area (Å²) >= 11 is 0. The molecule has 3 aliphatic heterocycles. The molecule has 0 saturated heterocycles. The maximum Gasteiger partial charge on any atom is 0.333 e. The third kappa shape index (κ3) is 7.24. The standard InChI is InChI=1S/C39H44N4O8/c1-4-21(2)38(48)50-30-18-28-35(47)34-29(46)17-26(20-44)49-37(34)33(36(28)51-39(30,3)12-10-22-8-9-31(40)43-19-22)27(24-11-13-42-32(41)16-24)15-23-6-5-7-25(45)14-23/h4-9,11,14,16-17,19,27,30-31,42-45,47H,10,12-13,15,18,20,40-41H2,1-3H3. The summed E-state index contributed by atoms with van der Waals surface area (Å²) in [4.78, 5) is 27.0. The Kier molecular flexibility index (Phi) is 10.00. The molecule has 12 heteroatoms. The second-order valence-corrected chi connectivity index (χ2v) is 13.4. The van der Waals surface area contributed by atoms with Crippen LogP contribution in [0.4, 0.5) is 0 Å². The molecule has 0 saturated carbocycles. The van der Waals surface area contributed by atoms with E-state index in [1.54, 1.807) is 44.2 Å². The number of dihydropyridines is 2. The minimum Gasteiger partial charge on any atom is -0.508 e. The molecule has 51 heavy (non-hydrogen) atoms. The SMILES string of the molecule is CC=C(C)C(=O)OC1Cc2c(c(C(Cc3cccc(O)c3)C3=CCNC(N)=C3)c3oc(CO)cc(=O)c3c2O)OC1(C)CCC1=CNC(N)C=C1. The number of aromatic hydroxyl groups is 2. The lowest BCUT2D eigenvalue weighted by molar-refractivity contribution is -0.158. The number of nitrogens with one attached hydrogen (secondary N) is 2. The second-order valence-electron chi connectivity index (χ2n) is 13.4. The molecule has 3 aliphatic rings. The van der Waals surface area contributed by atoms with Gasteiger partial charge in [-0.3, -0.25) is 4.79 Å². The first-order chi connectivity index (χ1) is 24.4. The molecule has 9 N–H and O–H groups in total. The minimum atomic E-state index is -1.14. The van der Waals surface area contributed by atoms with Gasteiger partial charge in [-0.2, -0.15) is 0 Å². The zero-order chi connectivity index (χ0) is 36.4. The predicted molar refractivity (Wildman–Crippen MR) is 193 cm³/mol. The molecule has 2 aromatic carbocycles. The van der Waals surface area contributed by atoms with Gasteiger partial charge in [0.1, 0.15) is 52.3 Å². The summed E-state index contributed by atoms with van der Waals surface area (Å²) in [5.41, 5.74) is 14.3. The van der Waals surface area contributed by atoms with Gasteiger partial charge in [-0.1, -0.05) is 30.4 Å². The number of benzene rings is 2. The first-order valence-corrected chi connectivity index (χ1v) is 17.0. The lowest BCUT2D eigenvalue weighted by Crippen LogP contribution is -2.51. The molecule has 3 aromatic rings. The van der Waals surface area contributed by atoms with Crippen molar-refractivity contribution >= 4 is 16.9 Å². The van der Waals surface area contributed by atoms with Gasteiger partial charge in [0.2, 0.25) is 0 Å². The topological polar surface area (TPSA) is 203 Å². The largest absolute Gasteiger partial charge is 0.508 e. The Morgan fingerprint density at radius 2 is 2.06 bits per heavy atom. The van der Waals surface area contributed by atoms with Gasteiger partial charge >= 0.3 is 5.97 Å². The van der Waals surface area contributed by atoms with Gasteiger partial charge in [0.25, 0.3) is 0 Å². The van der Waals surface area contributed by atoms with Crippen LogP contribution in [0.25, 0.3) is 11.0 Å². The van der Waals surface area contributed by atoms with Crippen molar-refractivity contribution in [1.82, 2.24) is 10.6 Å². The normalized spacial score (nSPS) is 22.1. The summed E-state index contributed by atoms with van der Waals surface area (Å²) in [6.07, 6.45) is 11.1. The zero-order valence-electron chi connectivity index (χ0n) is 28.9. The maximum atomic E-state index is 13.7.